The van der Waals surface area contributed by atoms with Crippen molar-refractivity contribution in [1.29, 1.82) is 5.26 Å². The molecule has 2 heteroatoms. The van der Waals surface area contributed by atoms with Gasteiger partial charge in [-0.15, -0.1) is 0 Å². The minimum atomic E-state index is -0.347. The third-order valence-corrected chi connectivity index (χ3v) is 2.28. The van der Waals surface area contributed by atoms with E-state index in [0.717, 1.165) is 25.7 Å². The highest BCUT2D eigenvalue weighted by Crippen LogP contribution is 2.36. The lowest BCUT2D eigenvalue weighted by molar-refractivity contribution is 0.106. The summed E-state index contributed by atoms with van der Waals surface area (Å²) >= 11 is 0. The van der Waals surface area contributed by atoms with Crippen LogP contribution in [0.2, 0.25) is 0 Å². The quantitative estimate of drug-likeness (QED) is 0.668. The van der Waals surface area contributed by atoms with Crippen LogP contribution >= 0.6 is 0 Å². The first-order valence-corrected chi connectivity index (χ1v) is 4.37. The number of aliphatic hydroxyl groups is 1. The Morgan fingerprint density at radius 1 is 1.64 bits per heavy atom. The summed E-state index contributed by atoms with van der Waals surface area (Å²) in [6.07, 6.45) is 3.71. The van der Waals surface area contributed by atoms with E-state index in [1.807, 2.05) is 6.92 Å². The fourth-order valence-corrected chi connectivity index (χ4v) is 1.39. The molecule has 0 spiro atoms. The Labute approximate surface area is 67.8 Å². The van der Waals surface area contributed by atoms with Crippen molar-refractivity contribution in [2.24, 2.45) is 11.8 Å². The van der Waals surface area contributed by atoms with Gasteiger partial charge in [-0.3, -0.25) is 0 Å². The zero-order valence-electron chi connectivity index (χ0n) is 6.95. The van der Waals surface area contributed by atoms with Gasteiger partial charge in [0.2, 0.25) is 0 Å². The highest BCUT2D eigenvalue weighted by molar-refractivity contribution is 4.94. The molecule has 2 unspecified atom stereocenters. The maximum atomic E-state index is 9.56. The normalized spacial score (nSPS) is 22.3. The second-order valence-electron chi connectivity index (χ2n) is 3.35. The molecule has 1 N–H and O–H groups in total. The minimum Gasteiger partial charge on any atom is -0.391 e. The molecule has 1 rings (SSSR count). The lowest BCUT2D eigenvalue weighted by Gasteiger charge is -2.14. The second kappa shape index (κ2) is 3.73. The van der Waals surface area contributed by atoms with E-state index in [2.05, 4.69) is 6.07 Å². The van der Waals surface area contributed by atoms with E-state index in [4.69, 9.17) is 5.26 Å². The summed E-state index contributed by atoms with van der Waals surface area (Å²) in [5.41, 5.74) is 0. The maximum absolute atomic E-state index is 9.56. The molecule has 1 aliphatic carbocycles. The van der Waals surface area contributed by atoms with Crippen molar-refractivity contribution < 1.29 is 5.11 Å². The van der Waals surface area contributed by atoms with E-state index in [0.29, 0.717) is 5.92 Å². The number of nitriles is 1. The van der Waals surface area contributed by atoms with Crippen LogP contribution in [-0.2, 0) is 0 Å². The van der Waals surface area contributed by atoms with E-state index in [1.165, 1.54) is 0 Å². The van der Waals surface area contributed by atoms with Crippen molar-refractivity contribution in [2.45, 2.75) is 38.7 Å². The summed E-state index contributed by atoms with van der Waals surface area (Å²) in [5, 5.41) is 18.3. The van der Waals surface area contributed by atoms with Gasteiger partial charge in [0.1, 0.15) is 0 Å². The van der Waals surface area contributed by atoms with Crippen molar-refractivity contribution >= 4 is 0 Å². The smallest absolute Gasteiger partial charge is 0.0726 e. The van der Waals surface area contributed by atoms with Crippen LogP contribution in [0.15, 0.2) is 0 Å². The lowest BCUT2D eigenvalue weighted by Crippen LogP contribution is -2.20. The van der Waals surface area contributed by atoms with Gasteiger partial charge >= 0.3 is 0 Å². The molecule has 1 fully saturated rings. The van der Waals surface area contributed by atoms with Gasteiger partial charge in [-0.25, -0.2) is 0 Å². The van der Waals surface area contributed by atoms with Crippen LogP contribution in [0, 0.1) is 23.2 Å². The molecular formula is C9H15NO. The Hall–Kier alpha value is -0.550. The average molecular weight is 153 g/mol. The number of rotatable bonds is 4. The summed E-state index contributed by atoms with van der Waals surface area (Å²) in [6, 6.07) is 2.17. The van der Waals surface area contributed by atoms with Gasteiger partial charge in [-0.05, 0) is 25.2 Å². The highest BCUT2D eigenvalue weighted by Gasteiger charge is 2.34. The van der Waals surface area contributed by atoms with Gasteiger partial charge in [0.05, 0.1) is 18.1 Å². The number of nitrogens with zero attached hydrogens (tertiary/aromatic N) is 1. The van der Waals surface area contributed by atoms with E-state index in [9.17, 15) is 5.11 Å². The predicted molar refractivity (Wildman–Crippen MR) is 42.7 cm³/mol. The van der Waals surface area contributed by atoms with Gasteiger partial charge in [0, 0.05) is 0 Å². The Morgan fingerprint density at radius 2 is 2.27 bits per heavy atom. The van der Waals surface area contributed by atoms with Crippen molar-refractivity contribution in [3.63, 3.8) is 0 Å². The molecule has 0 heterocycles. The van der Waals surface area contributed by atoms with Gasteiger partial charge in [0.15, 0.2) is 0 Å². The third-order valence-electron chi connectivity index (χ3n) is 2.28. The van der Waals surface area contributed by atoms with Crippen molar-refractivity contribution in [1.82, 2.24) is 0 Å². The zero-order valence-corrected chi connectivity index (χ0v) is 6.95. The Morgan fingerprint density at radius 3 is 2.64 bits per heavy atom. The highest BCUT2D eigenvalue weighted by atomic mass is 16.3. The molecule has 11 heavy (non-hydrogen) atoms. The fraction of sp³-hybridized carbons (Fsp3) is 0.889. The summed E-state index contributed by atoms with van der Waals surface area (Å²) in [4.78, 5) is 0. The maximum Gasteiger partial charge on any atom is 0.0726 e. The van der Waals surface area contributed by atoms with Crippen LogP contribution in [-0.4, -0.2) is 11.2 Å². The van der Waals surface area contributed by atoms with Crippen LogP contribution < -0.4 is 0 Å². The fourth-order valence-electron chi connectivity index (χ4n) is 1.39. The molecule has 0 saturated heterocycles. The minimum absolute atomic E-state index is 0.118. The van der Waals surface area contributed by atoms with Crippen LogP contribution in [0.25, 0.3) is 0 Å². The predicted octanol–water partition coefficient (Wildman–Crippen LogP) is 1.70. The molecule has 2 atom stereocenters. The first kappa shape index (κ1) is 8.55. The van der Waals surface area contributed by atoms with Crippen molar-refractivity contribution in [2.75, 3.05) is 0 Å². The number of hydrogen-bond donors (Lipinski definition) is 1. The van der Waals surface area contributed by atoms with E-state index in [1.54, 1.807) is 0 Å². The summed E-state index contributed by atoms with van der Waals surface area (Å²) < 4.78 is 0. The molecule has 0 aromatic heterocycles. The summed E-state index contributed by atoms with van der Waals surface area (Å²) in [7, 11) is 0. The number of aliphatic hydroxyl groups excluding tert-OH is 1. The van der Waals surface area contributed by atoms with Crippen LogP contribution in [0.4, 0.5) is 0 Å². The van der Waals surface area contributed by atoms with E-state index in [-0.39, 0.29) is 12.0 Å². The SMILES string of the molecule is CCCC(C#N)C(O)C1CC1. The largest absolute Gasteiger partial charge is 0.391 e. The first-order chi connectivity index (χ1) is 5.29. The number of hydrogen-bond acceptors (Lipinski definition) is 2. The topological polar surface area (TPSA) is 44.0 Å². The summed E-state index contributed by atoms with van der Waals surface area (Å²) in [5.74, 6) is 0.318. The molecule has 0 radical (unpaired) electrons. The average Bonchev–Trinajstić information content (AvgIpc) is 2.81. The molecule has 0 bridgehead atoms. The Kier molecular flexibility index (Phi) is 2.90. The lowest BCUT2D eigenvalue weighted by atomic mass is 9.95. The van der Waals surface area contributed by atoms with E-state index < -0.39 is 0 Å². The second-order valence-corrected chi connectivity index (χ2v) is 3.35. The molecule has 0 aromatic rings. The monoisotopic (exact) mass is 153 g/mol. The molecule has 62 valence electrons. The summed E-state index contributed by atoms with van der Waals surface area (Å²) in [6.45, 7) is 2.05. The molecule has 0 aromatic carbocycles. The van der Waals surface area contributed by atoms with E-state index >= 15 is 0 Å². The van der Waals surface area contributed by atoms with Crippen molar-refractivity contribution in [3.8, 4) is 6.07 Å². The van der Waals surface area contributed by atoms with Crippen LogP contribution in [0.1, 0.15) is 32.6 Å². The molecule has 0 amide bonds. The van der Waals surface area contributed by atoms with Crippen LogP contribution in [0.3, 0.4) is 0 Å². The zero-order chi connectivity index (χ0) is 8.27. The van der Waals surface area contributed by atoms with Crippen molar-refractivity contribution in [3.05, 3.63) is 0 Å². The molecule has 1 saturated carbocycles. The van der Waals surface area contributed by atoms with Gasteiger partial charge in [-0.2, -0.15) is 5.26 Å². The van der Waals surface area contributed by atoms with Crippen LogP contribution in [0.5, 0.6) is 0 Å². The Bertz CT molecular complexity index is 157. The molecular weight excluding hydrogens is 138 g/mol. The first-order valence-electron chi connectivity index (χ1n) is 4.37. The molecule has 1 aliphatic rings. The third kappa shape index (κ3) is 2.20. The van der Waals surface area contributed by atoms with Gasteiger partial charge in [-0.1, -0.05) is 13.3 Å². The van der Waals surface area contributed by atoms with Gasteiger partial charge in [0.25, 0.3) is 0 Å². The molecule has 0 aliphatic heterocycles. The standard InChI is InChI=1S/C9H15NO/c1-2-3-8(6-10)9(11)7-4-5-7/h7-9,11H,2-5H2,1H3. The molecule has 2 nitrogen and oxygen atoms in total. The Balaban J connectivity index is 2.34. The van der Waals surface area contributed by atoms with Gasteiger partial charge < -0.3 is 5.11 Å².